The highest BCUT2D eigenvalue weighted by molar-refractivity contribution is 6.69. The first-order chi connectivity index (χ1) is 10.5. The van der Waals surface area contributed by atoms with E-state index in [0.29, 0.717) is 0 Å². The molecule has 23 heavy (non-hydrogen) atoms. The van der Waals surface area contributed by atoms with Gasteiger partial charge < -0.3 is 9.16 Å². The molecule has 0 saturated carbocycles. The summed E-state index contributed by atoms with van der Waals surface area (Å²) in [6, 6.07) is 5.07. The molecule has 0 aliphatic carbocycles. The van der Waals surface area contributed by atoms with Crippen LogP contribution in [0.2, 0.25) is 19.6 Å². The third kappa shape index (κ3) is 6.46. The van der Waals surface area contributed by atoms with E-state index in [1.807, 2.05) is 19.6 Å². The van der Waals surface area contributed by atoms with E-state index in [2.05, 4.69) is 16.6 Å². The summed E-state index contributed by atoms with van der Waals surface area (Å²) in [6.45, 7) is 7.27. The van der Waals surface area contributed by atoms with Gasteiger partial charge in [-0.25, -0.2) is 4.79 Å². The van der Waals surface area contributed by atoms with Crippen LogP contribution >= 0.6 is 0 Å². The van der Waals surface area contributed by atoms with Crippen molar-refractivity contribution in [2.24, 2.45) is 0 Å². The molecule has 1 aromatic rings. The largest absolute Gasteiger partial charge is 0.456 e. The molecule has 0 radical (unpaired) electrons. The van der Waals surface area contributed by atoms with E-state index in [9.17, 15) is 18.0 Å². The van der Waals surface area contributed by atoms with Gasteiger partial charge in [-0.1, -0.05) is 24.1 Å². The van der Waals surface area contributed by atoms with Crippen molar-refractivity contribution in [3.05, 3.63) is 35.4 Å². The summed E-state index contributed by atoms with van der Waals surface area (Å²) in [5.41, 5.74) is -0.916. The molecule has 1 rings (SSSR count). The van der Waals surface area contributed by atoms with Crippen LogP contribution in [-0.2, 0) is 20.1 Å². The third-order valence-electron chi connectivity index (χ3n) is 2.60. The molecule has 126 valence electrons. The molecule has 1 atom stereocenters. The van der Waals surface area contributed by atoms with Gasteiger partial charge in [-0.2, -0.15) is 13.2 Å². The quantitative estimate of drug-likeness (QED) is 0.356. The maximum atomic E-state index is 13.2. The van der Waals surface area contributed by atoms with Crippen LogP contribution in [0.15, 0.2) is 24.3 Å². The third-order valence-corrected chi connectivity index (χ3v) is 3.54. The number of halogens is 3. The van der Waals surface area contributed by atoms with Crippen molar-refractivity contribution in [3.8, 4) is 11.8 Å². The molecule has 0 N–H and O–H groups in total. The average molecular weight is 344 g/mol. The maximum Gasteiger partial charge on any atom is 0.416 e. The van der Waals surface area contributed by atoms with Gasteiger partial charge in [-0.05, 0) is 32.6 Å². The molecule has 0 aliphatic rings. The fourth-order valence-corrected chi connectivity index (χ4v) is 2.69. The van der Waals surface area contributed by atoms with Crippen molar-refractivity contribution in [2.45, 2.75) is 38.8 Å². The second-order valence-electron chi connectivity index (χ2n) is 5.69. The van der Waals surface area contributed by atoms with Crippen molar-refractivity contribution in [1.82, 2.24) is 0 Å². The molecular weight excluding hydrogens is 325 g/mol. The number of rotatable bonds is 4. The van der Waals surface area contributed by atoms with Gasteiger partial charge in [0.1, 0.15) is 6.10 Å². The number of benzene rings is 1. The van der Waals surface area contributed by atoms with Crippen LogP contribution in [0.25, 0.3) is 0 Å². The van der Waals surface area contributed by atoms with Gasteiger partial charge in [-0.15, -0.1) is 0 Å². The smallest absolute Gasteiger partial charge is 0.416 e. The van der Waals surface area contributed by atoms with Crippen LogP contribution < -0.4 is 0 Å². The highest BCUT2D eigenvalue weighted by Gasteiger charge is 2.36. The summed E-state index contributed by atoms with van der Waals surface area (Å²) in [5, 5.41) is 0. The van der Waals surface area contributed by atoms with Crippen molar-refractivity contribution < 1.29 is 27.1 Å². The normalized spacial score (nSPS) is 13.0. The molecule has 0 aliphatic heterocycles. The summed E-state index contributed by atoms with van der Waals surface area (Å²) >= 11 is 0. The lowest BCUT2D eigenvalue weighted by Gasteiger charge is -2.25. The highest BCUT2D eigenvalue weighted by atomic mass is 28.4. The van der Waals surface area contributed by atoms with Gasteiger partial charge >= 0.3 is 12.1 Å². The van der Waals surface area contributed by atoms with E-state index in [0.717, 1.165) is 6.07 Å². The van der Waals surface area contributed by atoms with Gasteiger partial charge in [-0.3, -0.25) is 0 Å². The van der Waals surface area contributed by atoms with E-state index in [-0.39, 0.29) is 12.2 Å². The molecule has 1 aromatic carbocycles. The summed E-state index contributed by atoms with van der Waals surface area (Å²) in [5.74, 6) is 3.89. The zero-order chi connectivity index (χ0) is 17.7. The zero-order valence-electron chi connectivity index (χ0n) is 13.5. The van der Waals surface area contributed by atoms with Crippen LogP contribution in [-0.4, -0.2) is 20.9 Å². The van der Waals surface area contributed by atoms with Gasteiger partial charge in [0, 0.05) is 11.5 Å². The van der Waals surface area contributed by atoms with Gasteiger partial charge in [0.05, 0.1) is 12.2 Å². The van der Waals surface area contributed by atoms with Gasteiger partial charge in [0.15, 0.2) is 8.32 Å². The van der Waals surface area contributed by atoms with E-state index in [1.54, 1.807) is 6.92 Å². The molecule has 0 amide bonds. The lowest BCUT2D eigenvalue weighted by molar-refractivity contribution is -0.138. The van der Waals surface area contributed by atoms with Gasteiger partial charge in [0.25, 0.3) is 0 Å². The van der Waals surface area contributed by atoms with Crippen LogP contribution in [0.5, 0.6) is 0 Å². The summed E-state index contributed by atoms with van der Waals surface area (Å²) < 4.78 is 50.0. The van der Waals surface area contributed by atoms with E-state index < -0.39 is 32.1 Å². The van der Waals surface area contributed by atoms with Crippen LogP contribution in [0.1, 0.15) is 24.2 Å². The first-order valence-electron chi connectivity index (χ1n) is 7.07. The van der Waals surface area contributed by atoms with Crippen LogP contribution in [0.3, 0.4) is 0 Å². The summed E-state index contributed by atoms with van der Waals surface area (Å²) in [7, 11) is -2.20. The Balaban J connectivity index is 3.28. The fraction of sp³-hybridized carbons (Fsp3) is 0.438. The second kappa shape index (κ2) is 7.66. The standard InChI is InChI=1S/C16H19F3O3Si/c1-5-21-15(20)11-10-14(22-23(2,3)4)12-8-6-7-9-13(12)16(17,18)19/h6-9,14H,5H2,1-4H3. The Labute approximate surface area is 134 Å². The molecule has 0 bridgehead atoms. The molecule has 0 aromatic heterocycles. The fourth-order valence-electron chi connectivity index (χ4n) is 1.80. The van der Waals surface area contributed by atoms with Crippen molar-refractivity contribution in [2.75, 3.05) is 6.61 Å². The predicted octanol–water partition coefficient (Wildman–Crippen LogP) is 4.16. The number of ether oxygens (including phenoxy) is 1. The van der Waals surface area contributed by atoms with Crippen molar-refractivity contribution in [3.63, 3.8) is 0 Å². The van der Waals surface area contributed by atoms with E-state index in [4.69, 9.17) is 4.43 Å². The summed E-state index contributed by atoms with van der Waals surface area (Å²) in [4.78, 5) is 11.4. The number of carbonyl (C=O) groups excluding carboxylic acids is 1. The lowest BCUT2D eigenvalue weighted by atomic mass is 10.0. The maximum absolute atomic E-state index is 13.2. The van der Waals surface area contributed by atoms with Crippen LogP contribution in [0.4, 0.5) is 13.2 Å². The topological polar surface area (TPSA) is 35.5 Å². The van der Waals surface area contributed by atoms with Gasteiger partial charge in [0.2, 0.25) is 0 Å². The van der Waals surface area contributed by atoms with Crippen molar-refractivity contribution >= 4 is 14.3 Å². The first-order valence-corrected chi connectivity index (χ1v) is 10.5. The SMILES string of the molecule is CCOC(=O)C#CC(O[Si](C)(C)C)c1ccccc1C(F)(F)F. The van der Waals surface area contributed by atoms with Crippen LogP contribution in [0, 0.1) is 11.8 Å². The van der Waals surface area contributed by atoms with E-state index >= 15 is 0 Å². The minimum atomic E-state index is -4.52. The molecule has 0 saturated heterocycles. The van der Waals surface area contributed by atoms with Crippen molar-refractivity contribution in [1.29, 1.82) is 0 Å². The Morgan fingerprint density at radius 1 is 1.26 bits per heavy atom. The number of hydrogen-bond acceptors (Lipinski definition) is 3. The average Bonchev–Trinajstić information content (AvgIpc) is 2.41. The van der Waals surface area contributed by atoms with E-state index in [1.165, 1.54) is 18.2 Å². The molecule has 7 heteroatoms. The molecule has 1 unspecified atom stereocenters. The predicted molar refractivity (Wildman–Crippen MR) is 83.0 cm³/mol. The monoisotopic (exact) mass is 344 g/mol. The molecular formula is C16H19F3O3Si. The lowest BCUT2D eigenvalue weighted by Crippen LogP contribution is -2.28. The number of carbonyl (C=O) groups is 1. The zero-order valence-corrected chi connectivity index (χ0v) is 14.5. The Morgan fingerprint density at radius 3 is 2.39 bits per heavy atom. The minimum Gasteiger partial charge on any atom is -0.456 e. The second-order valence-corrected chi connectivity index (χ2v) is 10.1. The first kappa shape index (κ1) is 19.3. The molecule has 3 nitrogen and oxygen atoms in total. The summed E-state index contributed by atoms with van der Waals surface area (Å²) in [6.07, 6.45) is -5.66. The number of esters is 1. The Bertz CT molecular complexity index is 609. The molecule has 0 spiro atoms. The Kier molecular flexibility index (Phi) is 6.42. The molecule has 0 heterocycles. The minimum absolute atomic E-state index is 0.0979. The number of alkyl halides is 3. The number of hydrogen-bond donors (Lipinski definition) is 0. The highest BCUT2D eigenvalue weighted by Crippen LogP contribution is 2.36. The Morgan fingerprint density at radius 2 is 1.87 bits per heavy atom. The Hall–Kier alpha value is -1.78. The molecule has 0 fully saturated rings.